The first-order valence-corrected chi connectivity index (χ1v) is 8.70. The SMILES string of the molecule is Cc1cc(/C=C(/C#N)c2cccc([N+](=O)[O-])c2)c(C)n1-c1ccc(F)c(Cl)c1. The number of aromatic nitrogens is 1. The summed E-state index contributed by atoms with van der Waals surface area (Å²) in [6.07, 6.45) is 1.68. The van der Waals surface area contributed by atoms with Crippen LogP contribution in [0.1, 0.15) is 22.5 Å². The van der Waals surface area contributed by atoms with Crippen LogP contribution >= 0.6 is 11.6 Å². The quantitative estimate of drug-likeness (QED) is 0.315. The van der Waals surface area contributed by atoms with Gasteiger partial charge in [0.05, 0.1) is 21.6 Å². The van der Waals surface area contributed by atoms with E-state index in [9.17, 15) is 19.8 Å². The monoisotopic (exact) mass is 395 g/mol. The summed E-state index contributed by atoms with van der Waals surface area (Å²) in [5.41, 5.74) is 3.88. The third-order valence-corrected chi connectivity index (χ3v) is 4.71. The molecule has 2 aromatic carbocycles. The fraction of sp³-hybridized carbons (Fsp3) is 0.0952. The molecule has 0 N–H and O–H groups in total. The minimum Gasteiger partial charge on any atom is -0.318 e. The van der Waals surface area contributed by atoms with Gasteiger partial charge in [-0.3, -0.25) is 10.1 Å². The summed E-state index contributed by atoms with van der Waals surface area (Å²) in [6.45, 7) is 3.76. The highest BCUT2D eigenvalue weighted by Crippen LogP contribution is 2.28. The molecule has 0 spiro atoms. The number of hydrogen-bond acceptors (Lipinski definition) is 3. The largest absolute Gasteiger partial charge is 0.318 e. The molecule has 0 saturated heterocycles. The van der Waals surface area contributed by atoms with Gasteiger partial charge >= 0.3 is 0 Å². The van der Waals surface area contributed by atoms with Gasteiger partial charge < -0.3 is 4.57 Å². The van der Waals surface area contributed by atoms with Crippen LogP contribution < -0.4 is 0 Å². The van der Waals surface area contributed by atoms with E-state index >= 15 is 0 Å². The van der Waals surface area contributed by atoms with Crippen LogP contribution in [0.5, 0.6) is 0 Å². The zero-order valence-corrected chi connectivity index (χ0v) is 15.9. The van der Waals surface area contributed by atoms with Crippen LogP contribution in [0.3, 0.4) is 0 Å². The average molecular weight is 396 g/mol. The molecule has 0 unspecified atom stereocenters. The highest BCUT2D eigenvalue weighted by molar-refractivity contribution is 6.30. The molecule has 0 amide bonds. The third-order valence-electron chi connectivity index (χ3n) is 4.42. The third kappa shape index (κ3) is 3.66. The molecule has 0 atom stereocenters. The topological polar surface area (TPSA) is 71.9 Å². The number of benzene rings is 2. The van der Waals surface area contributed by atoms with Gasteiger partial charge in [0.15, 0.2) is 0 Å². The van der Waals surface area contributed by atoms with Crippen molar-refractivity contribution in [2.24, 2.45) is 0 Å². The van der Waals surface area contributed by atoms with Crippen molar-refractivity contribution >= 4 is 28.9 Å². The van der Waals surface area contributed by atoms with Crippen molar-refractivity contribution in [2.45, 2.75) is 13.8 Å². The maximum absolute atomic E-state index is 13.5. The van der Waals surface area contributed by atoms with Gasteiger partial charge in [-0.2, -0.15) is 5.26 Å². The second-order valence-electron chi connectivity index (χ2n) is 6.24. The lowest BCUT2D eigenvalue weighted by atomic mass is 10.0. The number of nitro benzene ring substituents is 1. The average Bonchev–Trinajstić information content (AvgIpc) is 2.95. The summed E-state index contributed by atoms with van der Waals surface area (Å²) in [4.78, 5) is 10.5. The Morgan fingerprint density at radius 3 is 2.64 bits per heavy atom. The summed E-state index contributed by atoms with van der Waals surface area (Å²) in [6, 6.07) is 14.4. The van der Waals surface area contributed by atoms with Gasteiger partial charge in [0.25, 0.3) is 5.69 Å². The van der Waals surface area contributed by atoms with E-state index in [1.807, 2.05) is 24.5 Å². The summed E-state index contributed by atoms with van der Waals surface area (Å²) >= 11 is 5.90. The standard InChI is InChI=1S/C21H15ClFN3O2/c1-13-8-16(14(2)25(13)18-6-7-21(23)20(22)11-18)9-17(12-24)15-4-3-5-19(10-15)26(27)28/h3-11H,1-2H3/b17-9-. The molecule has 3 rings (SSSR count). The Balaban J connectivity index is 2.09. The summed E-state index contributed by atoms with van der Waals surface area (Å²) in [5.74, 6) is -0.495. The van der Waals surface area contributed by atoms with Gasteiger partial charge in [0.1, 0.15) is 5.82 Å². The normalized spacial score (nSPS) is 11.3. The molecule has 140 valence electrons. The Kier molecular flexibility index (Phi) is 5.30. The summed E-state index contributed by atoms with van der Waals surface area (Å²) < 4.78 is 15.4. The fourth-order valence-corrected chi connectivity index (χ4v) is 3.25. The van der Waals surface area contributed by atoms with Crippen LogP contribution in [0.15, 0.2) is 48.5 Å². The molecule has 5 nitrogen and oxygen atoms in total. The Morgan fingerprint density at radius 2 is 2.00 bits per heavy atom. The molecule has 0 radical (unpaired) electrons. The minimum absolute atomic E-state index is 0.0244. The molecule has 28 heavy (non-hydrogen) atoms. The highest BCUT2D eigenvalue weighted by atomic mass is 35.5. The van der Waals surface area contributed by atoms with Crippen molar-refractivity contribution in [3.8, 4) is 11.8 Å². The maximum atomic E-state index is 13.5. The van der Waals surface area contributed by atoms with Crippen molar-refractivity contribution in [1.82, 2.24) is 4.57 Å². The number of hydrogen-bond donors (Lipinski definition) is 0. The zero-order chi connectivity index (χ0) is 20.4. The molecule has 3 aromatic rings. The Bertz CT molecular complexity index is 1160. The van der Waals surface area contributed by atoms with E-state index in [2.05, 4.69) is 6.07 Å². The van der Waals surface area contributed by atoms with Crippen molar-refractivity contribution < 1.29 is 9.31 Å². The first-order valence-electron chi connectivity index (χ1n) is 8.33. The molecule has 1 aromatic heterocycles. The van der Waals surface area contributed by atoms with E-state index in [4.69, 9.17) is 11.6 Å². The van der Waals surface area contributed by atoms with Crippen LogP contribution in [0, 0.1) is 41.1 Å². The van der Waals surface area contributed by atoms with Crippen molar-refractivity contribution in [2.75, 3.05) is 0 Å². The Hall–Kier alpha value is -3.43. The van der Waals surface area contributed by atoms with Gasteiger partial charge in [-0.05, 0) is 55.3 Å². The molecular formula is C21H15ClFN3O2. The van der Waals surface area contributed by atoms with Crippen molar-refractivity contribution in [3.05, 3.63) is 92.0 Å². The van der Waals surface area contributed by atoms with Gasteiger partial charge in [0, 0.05) is 29.2 Å². The van der Waals surface area contributed by atoms with Gasteiger partial charge in [-0.1, -0.05) is 23.7 Å². The lowest BCUT2D eigenvalue weighted by Crippen LogP contribution is -1.99. The minimum atomic E-state index is -0.497. The van der Waals surface area contributed by atoms with Crippen LogP contribution in [-0.2, 0) is 0 Å². The van der Waals surface area contributed by atoms with Crippen LogP contribution in [0.2, 0.25) is 5.02 Å². The zero-order valence-electron chi connectivity index (χ0n) is 15.1. The molecule has 7 heteroatoms. The maximum Gasteiger partial charge on any atom is 0.270 e. The van der Waals surface area contributed by atoms with Crippen LogP contribution in [0.25, 0.3) is 17.3 Å². The molecule has 0 fully saturated rings. The lowest BCUT2D eigenvalue weighted by Gasteiger charge is -2.10. The van der Waals surface area contributed by atoms with E-state index < -0.39 is 10.7 Å². The highest BCUT2D eigenvalue weighted by Gasteiger charge is 2.13. The van der Waals surface area contributed by atoms with E-state index in [1.165, 1.54) is 24.3 Å². The summed E-state index contributed by atoms with van der Waals surface area (Å²) in [7, 11) is 0. The van der Waals surface area contributed by atoms with Crippen LogP contribution in [-0.4, -0.2) is 9.49 Å². The molecule has 0 aliphatic carbocycles. The first-order chi connectivity index (χ1) is 13.3. The van der Waals surface area contributed by atoms with E-state index in [0.717, 1.165) is 17.0 Å². The first kappa shape index (κ1) is 19.3. The van der Waals surface area contributed by atoms with Crippen LogP contribution in [0.4, 0.5) is 10.1 Å². The van der Waals surface area contributed by atoms with E-state index in [1.54, 1.807) is 24.3 Å². The molecule has 0 saturated carbocycles. The van der Waals surface area contributed by atoms with Gasteiger partial charge in [0.2, 0.25) is 0 Å². The number of non-ortho nitro benzene ring substituents is 1. The smallest absolute Gasteiger partial charge is 0.270 e. The second kappa shape index (κ2) is 7.67. The number of halogens is 2. The molecule has 0 aliphatic rings. The molecule has 0 bridgehead atoms. The Labute approximate surface area is 166 Å². The van der Waals surface area contributed by atoms with Gasteiger partial charge in [-0.15, -0.1) is 0 Å². The molecular weight excluding hydrogens is 381 g/mol. The molecule has 1 heterocycles. The number of allylic oxidation sites excluding steroid dienone is 1. The number of nitrogens with zero attached hydrogens (tertiary/aromatic N) is 3. The number of nitro groups is 1. The van der Waals surface area contributed by atoms with E-state index in [-0.39, 0.29) is 10.7 Å². The number of aryl methyl sites for hydroxylation is 1. The Morgan fingerprint density at radius 1 is 1.25 bits per heavy atom. The van der Waals surface area contributed by atoms with Crippen molar-refractivity contribution in [3.63, 3.8) is 0 Å². The number of rotatable bonds is 4. The van der Waals surface area contributed by atoms with Crippen molar-refractivity contribution in [1.29, 1.82) is 5.26 Å². The lowest BCUT2D eigenvalue weighted by molar-refractivity contribution is -0.384. The number of nitriles is 1. The predicted molar refractivity (Wildman–Crippen MR) is 107 cm³/mol. The van der Waals surface area contributed by atoms with E-state index in [0.29, 0.717) is 16.8 Å². The second-order valence-corrected chi connectivity index (χ2v) is 6.64. The molecule has 0 aliphatic heterocycles. The van der Waals surface area contributed by atoms with Gasteiger partial charge in [-0.25, -0.2) is 4.39 Å². The summed E-state index contributed by atoms with van der Waals surface area (Å²) in [5, 5.41) is 20.6. The predicted octanol–water partition coefficient (Wildman–Crippen LogP) is 5.86. The fourth-order valence-electron chi connectivity index (χ4n) is 3.08.